The molecule has 70 valence electrons. The van der Waals surface area contributed by atoms with Gasteiger partial charge in [0.25, 0.3) is 5.91 Å². The van der Waals surface area contributed by atoms with Crippen LogP contribution in [-0.2, 0) is 4.84 Å². The number of carbonyl (C=O) groups excluding carboxylic acids is 1. The highest BCUT2D eigenvalue weighted by Crippen LogP contribution is 2.17. The highest BCUT2D eigenvalue weighted by atomic mass is 19.1. The normalized spacial score (nSPS) is 9.69. The number of hydrogen-bond donors (Lipinski definition) is 2. The van der Waals surface area contributed by atoms with Gasteiger partial charge in [0.15, 0.2) is 0 Å². The molecule has 0 bridgehead atoms. The number of phenolic OH excluding ortho intramolecular Hbond substituents is 1. The van der Waals surface area contributed by atoms with E-state index in [4.69, 9.17) is 5.11 Å². The topological polar surface area (TPSA) is 58.6 Å². The van der Waals surface area contributed by atoms with E-state index in [1.54, 1.807) is 0 Å². The van der Waals surface area contributed by atoms with Crippen molar-refractivity contribution >= 4 is 5.91 Å². The smallest absolute Gasteiger partial charge is 0.278 e. The predicted octanol–water partition coefficient (Wildman–Crippen LogP) is 0.823. The first-order chi connectivity index (χ1) is 6.15. The van der Waals surface area contributed by atoms with Crippen LogP contribution in [0.3, 0.4) is 0 Å². The predicted molar refractivity (Wildman–Crippen MR) is 42.5 cm³/mol. The van der Waals surface area contributed by atoms with Crippen LogP contribution in [-0.4, -0.2) is 18.1 Å². The average molecular weight is 185 g/mol. The maximum atomic E-state index is 12.6. The van der Waals surface area contributed by atoms with Crippen molar-refractivity contribution in [1.82, 2.24) is 5.48 Å². The molecular weight excluding hydrogens is 177 g/mol. The van der Waals surface area contributed by atoms with Gasteiger partial charge in [0.2, 0.25) is 0 Å². The lowest BCUT2D eigenvalue weighted by Gasteiger charge is -2.03. The second-order valence-corrected chi connectivity index (χ2v) is 2.30. The first-order valence-electron chi connectivity index (χ1n) is 3.47. The molecule has 0 unspecified atom stereocenters. The van der Waals surface area contributed by atoms with E-state index < -0.39 is 11.7 Å². The summed E-state index contributed by atoms with van der Waals surface area (Å²) in [7, 11) is 1.24. The summed E-state index contributed by atoms with van der Waals surface area (Å²) in [6, 6.07) is 3.07. The molecular formula is C8H8FNO3. The summed E-state index contributed by atoms with van der Waals surface area (Å²) in [6.07, 6.45) is 0. The molecule has 0 aliphatic rings. The van der Waals surface area contributed by atoms with Crippen molar-refractivity contribution in [2.24, 2.45) is 0 Å². The number of hydroxylamine groups is 1. The van der Waals surface area contributed by atoms with Gasteiger partial charge in [-0.25, -0.2) is 9.87 Å². The summed E-state index contributed by atoms with van der Waals surface area (Å²) in [5.41, 5.74) is 1.80. The minimum absolute atomic E-state index is 0.165. The Morgan fingerprint density at radius 3 is 2.92 bits per heavy atom. The molecule has 1 aromatic rings. The molecule has 1 aromatic carbocycles. The SMILES string of the molecule is CONC(=O)c1cc(F)ccc1O. The van der Waals surface area contributed by atoms with Crippen LogP contribution in [0.5, 0.6) is 5.75 Å². The van der Waals surface area contributed by atoms with Gasteiger partial charge < -0.3 is 5.11 Å². The third kappa shape index (κ3) is 2.16. The molecule has 0 atom stereocenters. The van der Waals surface area contributed by atoms with Gasteiger partial charge in [-0.1, -0.05) is 0 Å². The molecule has 13 heavy (non-hydrogen) atoms. The van der Waals surface area contributed by atoms with Gasteiger partial charge >= 0.3 is 0 Å². The van der Waals surface area contributed by atoms with Crippen LogP contribution in [0, 0.1) is 5.82 Å². The van der Waals surface area contributed by atoms with E-state index in [-0.39, 0.29) is 11.3 Å². The van der Waals surface area contributed by atoms with Gasteiger partial charge in [-0.05, 0) is 18.2 Å². The third-order valence-corrected chi connectivity index (χ3v) is 1.40. The zero-order valence-corrected chi connectivity index (χ0v) is 6.87. The molecule has 1 rings (SSSR count). The van der Waals surface area contributed by atoms with Crippen LogP contribution in [0.4, 0.5) is 4.39 Å². The summed E-state index contributed by atoms with van der Waals surface area (Å²) in [6.45, 7) is 0. The fourth-order valence-electron chi connectivity index (χ4n) is 0.838. The van der Waals surface area contributed by atoms with Crippen molar-refractivity contribution < 1.29 is 19.1 Å². The van der Waals surface area contributed by atoms with Crippen LogP contribution in [0.25, 0.3) is 0 Å². The fraction of sp³-hybridized carbons (Fsp3) is 0.125. The third-order valence-electron chi connectivity index (χ3n) is 1.40. The zero-order chi connectivity index (χ0) is 9.84. The largest absolute Gasteiger partial charge is 0.507 e. The maximum Gasteiger partial charge on any atom is 0.278 e. The van der Waals surface area contributed by atoms with Crippen molar-refractivity contribution in [2.45, 2.75) is 0 Å². The van der Waals surface area contributed by atoms with Crippen LogP contribution in [0.15, 0.2) is 18.2 Å². The number of halogens is 1. The van der Waals surface area contributed by atoms with Gasteiger partial charge in [-0.3, -0.25) is 9.63 Å². The second-order valence-electron chi connectivity index (χ2n) is 2.30. The molecule has 0 saturated carbocycles. The lowest BCUT2D eigenvalue weighted by molar-refractivity contribution is 0.0534. The number of amides is 1. The van der Waals surface area contributed by atoms with Gasteiger partial charge in [0.05, 0.1) is 12.7 Å². The molecule has 0 saturated heterocycles. The van der Waals surface area contributed by atoms with Crippen molar-refractivity contribution in [3.63, 3.8) is 0 Å². The highest BCUT2D eigenvalue weighted by molar-refractivity contribution is 5.96. The molecule has 4 nitrogen and oxygen atoms in total. The Balaban J connectivity index is 2.99. The molecule has 0 aromatic heterocycles. The Morgan fingerprint density at radius 1 is 1.62 bits per heavy atom. The molecule has 1 amide bonds. The molecule has 0 heterocycles. The monoisotopic (exact) mass is 185 g/mol. The summed E-state index contributed by atoms with van der Waals surface area (Å²) in [5, 5.41) is 9.15. The van der Waals surface area contributed by atoms with Crippen molar-refractivity contribution in [3.05, 3.63) is 29.6 Å². The number of hydrogen-bond acceptors (Lipinski definition) is 3. The van der Waals surface area contributed by atoms with Crippen molar-refractivity contribution in [1.29, 1.82) is 0 Å². The van der Waals surface area contributed by atoms with Crippen LogP contribution < -0.4 is 5.48 Å². The molecule has 0 aliphatic carbocycles. The molecule has 0 fully saturated rings. The van der Waals surface area contributed by atoms with Gasteiger partial charge in [0.1, 0.15) is 11.6 Å². The van der Waals surface area contributed by atoms with Gasteiger partial charge in [0, 0.05) is 0 Å². The van der Waals surface area contributed by atoms with Crippen molar-refractivity contribution in [2.75, 3.05) is 7.11 Å². The molecule has 0 aliphatic heterocycles. The standard InChI is InChI=1S/C8H8FNO3/c1-13-10-8(12)6-4-5(9)2-3-7(6)11/h2-4,11H,1H3,(H,10,12). The highest BCUT2D eigenvalue weighted by Gasteiger charge is 2.11. The quantitative estimate of drug-likeness (QED) is 0.670. The Hall–Kier alpha value is -1.62. The summed E-state index contributed by atoms with van der Waals surface area (Å²) in [5.74, 6) is -1.59. The average Bonchev–Trinajstić information content (AvgIpc) is 2.09. The lowest BCUT2D eigenvalue weighted by atomic mass is 10.2. The number of carbonyl (C=O) groups is 1. The number of rotatable bonds is 2. The minimum atomic E-state index is -0.695. The summed E-state index contributed by atoms with van der Waals surface area (Å²) >= 11 is 0. The van der Waals surface area contributed by atoms with Gasteiger partial charge in [-0.2, -0.15) is 0 Å². The molecule has 2 N–H and O–H groups in total. The Kier molecular flexibility index (Phi) is 2.81. The Bertz CT molecular complexity index is 327. The maximum absolute atomic E-state index is 12.6. The Labute approximate surface area is 73.9 Å². The number of aromatic hydroxyl groups is 1. The molecule has 0 radical (unpaired) electrons. The van der Waals surface area contributed by atoms with Crippen molar-refractivity contribution in [3.8, 4) is 5.75 Å². The van der Waals surface area contributed by atoms with Crippen LogP contribution in [0.2, 0.25) is 0 Å². The number of benzene rings is 1. The van der Waals surface area contributed by atoms with E-state index in [1.807, 2.05) is 5.48 Å². The van der Waals surface area contributed by atoms with Crippen LogP contribution >= 0.6 is 0 Å². The zero-order valence-electron chi connectivity index (χ0n) is 6.87. The second kappa shape index (κ2) is 3.86. The van der Waals surface area contributed by atoms with E-state index in [0.717, 1.165) is 18.2 Å². The van der Waals surface area contributed by atoms with E-state index in [0.29, 0.717) is 0 Å². The van der Waals surface area contributed by atoms with E-state index in [9.17, 15) is 9.18 Å². The summed E-state index contributed by atoms with van der Waals surface area (Å²) in [4.78, 5) is 15.4. The van der Waals surface area contributed by atoms with E-state index >= 15 is 0 Å². The van der Waals surface area contributed by atoms with E-state index in [2.05, 4.69) is 4.84 Å². The lowest BCUT2D eigenvalue weighted by Crippen LogP contribution is -2.21. The Morgan fingerprint density at radius 2 is 2.31 bits per heavy atom. The van der Waals surface area contributed by atoms with Gasteiger partial charge in [-0.15, -0.1) is 0 Å². The summed E-state index contributed by atoms with van der Waals surface area (Å²) < 4.78 is 12.6. The fourth-order valence-corrected chi connectivity index (χ4v) is 0.838. The minimum Gasteiger partial charge on any atom is -0.507 e. The van der Waals surface area contributed by atoms with Crippen LogP contribution in [0.1, 0.15) is 10.4 Å². The molecule has 5 heteroatoms. The molecule has 0 spiro atoms. The first-order valence-corrected chi connectivity index (χ1v) is 3.47. The first kappa shape index (κ1) is 9.47. The number of phenols is 1. The van der Waals surface area contributed by atoms with E-state index in [1.165, 1.54) is 7.11 Å². The number of nitrogens with one attached hydrogen (secondary N) is 1.